The fourth-order valence-corrected chi connectivity index (χ4v) is 2.89. The molecule has 0 saturated carbocycles. The molecular formula is C16H15ClFNO2. The molecule has 1 heterocycles. The van der Waals surface area contributed by atoms with E-state index < -0.39 is 6.10 Å². The molecule has 0 fully saturated rings. The molecule has 0 aromatic heterocycles. The predicted octanol–water partition coefficient (Wildman–Crippen LogP) is 4.01. The molecule has 2 aromatic carbocycles. The number of methoxy groups -OCH3 is 1. The zero-order chi connectivity index (χ0) is 15.0. The molecule has 0 saturated heterocycles. The van der Waals surface area contributed by atoms with Gasteiger partial charge in [0.2, 0.25) is 0 Å². The second-order valence-corrected chi connectivity index (χ2v) is 5.39. The van der Waals surface area contributed by atoms with Crippen LogP contribution in [0.5, 0.6) is 11.5 Å². The summed E-state index contributed by atoms with van der Waals surface area (Å²) in [6, 6.07) is 9.76. The smallest absolute Gasteiger partial charge is 0.131 e. The monoisotopic (exact) mass is 307 g/mol. The lowest BCUT2D eigenvalue weighted by Crippen LogP contribution is -2.25. The van der Waals surface area contributed by atoms with Gasteiger partial charge in [-0.05, 0) is 30.3 Å². The molecule has 110 valence electrons. The Bertz CT molecular complexity index is 657. The molecule has 5 heteroatoms. The summed E-state index contributed by atoms with van der Waals surface area (Å²) in [5.41, 5.74) is 7.41. The van der Waals surface area contributed by atoms with Gasteiger partial charge in [-0.2, -0.15) is 0 Å². The van der Waals surface area contributed by atoms with E-state index in [1.54, 1.807) is 31.4 Å². The standard InChI is InChI=1S/C16H15ClFNO2/c1-20-9-5-6-14-10(7-9)13(19)8-15(21-14)16-11(17)3-2-4-12(16)18/h2-7,13,15H,8,19H2,1H3/t13-,15?/m0/s1. The van der Waals surface area contributed by atoms with Gasteiger partial charge in [0.1, 0.15) is 23.4 Å². The average Bonchev–Trinajstić information content (AvgIpc) is 2.47. The Hall–Kier alpha value is -1.78. The summed E-state index contributed by atoms with van der Waals surface area (Å²) in [4.78, 5) is 0. The average molecular weight is 308 g/mol. The van der Waals surface area contributed by atoms with Crippen LogP contribution in [-0.2, 0) is 0 Å². The van der Waals surface area contributed by atoms with Crippen LogP contribution in [0, 0.1) is 5.82 Å². The number of hydrogen-bond donors (Lipinski definition) is 1. The molecule has 2 N–H and O–H groups in total. The fraction of sp³-hybridized carbons (Fsp3) is 0.250. The van der Waals surface area contributed by atoms with Crippen LogP contribution in [0.4, 0.5) is 4.39 Å². The molecule has 0 spiro atoms. The maximum atomic E-state index is 14.0. The third kappa shape index (κ3) is 2.57. The van der Waals surface area contributed by atoms with Crippen LogP contribution < -0.4 is 15.2 Å². The van der Waals surface area contributed by atoms with Crippen molar-refractivity contribution in [2.24, 2.45) is 5.73 Å². The lowest BCUT2D eigenvalue weighted by molar-refractivity contribution is 0.157. The summed E-state index contributed by atoms with van der Waals surface area (Å²) in [7, 11) is 1.60. The van der Waals surface area contributed by atoms with Gasteiger partial charge in [-0.15, -0.1) is 0 Å². The minimum absolute atomic E-state index is 0.260. The number of benzene rings is 2. The Labute approximate surface area is 127 Å². The number of ether oxygens (including phenoxy) is 2. The van der Waals surface area contributed by atoms with Gasteiger partial charge < -0.3 is 15.2 Å². The Morgan fingerprint density at radius 3 is 2.86 bits per heavy atom. The summed E-state index contributed by atoms with van der Waals surface area (Å²) in [6.07, 6.45) is -0.0320. The summed E-state index contributed by atoms with van der Waals surface area (Å²) in [5.74, 6) is 0.978. The van der Waals surface area contributed by atoms with Gasteiger partial charge in [0, 0.05) is 23.6 Å². The maximum Gasteiger partial charge on any atom is 0.131 e. The van der Waals surface area contributed by atoms with E-state index in [2.05, 4.69) is 0 Å². The van der Waals surface area contributed by atoms with Crippen molar-refractivity contribution >= 4 is 11.6 Å². The van der Waals surface area contributed by atoms with Crippen molar-refractivity contribution in [3.8, 4) is 11.5 Å². The van der Waals surface area contributed by atoms with E-state index >= 15 is 0 Å². The van der Waals surface area contributed by atoms with Gasteiger partial charge in [-0.3, -0.25) is 0 Å². The zero-order valence-corrected chi connectivity index (χ0v) is 12.2. The molecule has 1 unspecified atom stereocenters. The minimum Gasteiger partial charge on any atom is -0.497 e. The third-order valence-electron chi connectivity index (χ3n) is 3.68. The summed E-state index contributed by atoms with van der Waals surface area (Å²) < 4.78 is 25.1. The van der Waals surface area contributed by atoms with Gasteiger partial charge in [0.25, 0.3) is 0 Å². The Morgan fingerprint density at radius 2 is 2.14 bits per heavy atom. The first-order valence-corrected chi connectivity index (χ1v) is 7.02. The highest BCUT2D eigenvalue weighted by Gasteiger charge is 2.30. The fourth-order valence-electron chi connectivity index (χ4n) is 2.60. The van der Waals surface area contributed by atoms with E-state index in [1.807, 2.05) is 6.07 Å². The molecule has 3 rings (SSSR count). The quantitative estimate of drug-likeness (QED) is 0.911. The van der Waals surface area contributed by atoms with Crippen molar-refractivity contribution in [1.29, 1.82) is 0 Å². The molecule has 0 amide bonds. The first kappa shape index (κ1) is 14.2. The van der Waals surface area contributed by atoms with E-state index in [0.29, 0.717) is 22.8 Å². The number of hydrogen-bond acceptors (Lipinski definition) is 3. The van der Waals surface area contributed by atoms with Crippen LogP contribution in [0.3, 0.4) is 0 Å². The van der Waals surface area contributed by atoms with Gasteiger partial charge in [-0.1, -0.05) is 17.7 Å². The van der Waals surface area contributed by atoms with Gasteiger partial charge in [-0.25, -0.2) is 4.39 Å². The molecule has 0 aliphatic carbocycles. The molecule has 2 atom stereocenters. The van der Waals surface area contributed by atoms with Crippen LogP contribution in [0.25, 0.3) is 0 Å². The SMILES string of the molecule is COc1ccc2c(c1)[C@@H](N)CC(c1c(F)cccc1Cl)O2. The van der Waals surface area contributed by atoms with Crippen LogP contribution in [0.1, 0.15) is 29.7 Å². The van der Waals surface area contributed by atoms with Crippen LogP contribution in [0.2, 0.25) is 5.02 Å². The zero-order valence-electron chi connectivity index (χ0n) is 11.5. The number of rotatable bonds is 2. The number of nitrogens with two attached hydrogens (primary N) is 1. The van der Waals surface area contributed by atoms with Crippen molar-refractivity contribution in [2.75, 3.05) is 7.11 Å². The number of fused-ring (bicyclic) bond motifs is 1. The molecule has 0 radical (unpaired) electrons. The molecule has 0 bridgehead atoms. The van der Waals surface area contributed by atoms with Gasteiger partial charge in [0.05, 0.1) is 12.1 Å². The highest BCUT2D eigenvalue weighted by atomic mass is 35.5. The van der Waals surface area contributed by atoms with Crippen molar-refractivity contribution in [3.63, 3.8) is 0 Å². The Morgan fingerprint density at radius 1 is 1.33 bits per heavy atom. The Balaban J connectivity index is 1.99. The molecule has 1 aliphatic rings. The van der Waals surface area contributed by atoms with Crippen LogP contribution in [0.15, 0.2) is 36.4 Å². The highest BCUT2D eigenvalue weighted by molar-refractivity contribution is 6.31. The van der Waals surface area contributed by atoms with E-state index in [1.165, 1.54) is 6.07 Å². The highest BCUT2D eigenvalue weighted by Crippen LogP contribution is 2.43. The summed E-state index contributed by atoms with van der Waals surface area (Å²) >= 11 is 6.10. The first-order chi connectivity index (χ1) is 10.1. The topological polar surface area (TPSA) is 44.5 Å². The first-order valence-electron chi connectivity index (χ1n) is 6.64. The number of halogens is 2. The molecular weight excluding hydrogens is 293 g/mol. The van der Waals surface area contributed by atoms with Gasteiger partial charge >= 0.3 is 0 Å². The third-order valence-corrected chi connectivity index (χ3v) is 4.00. The van der Waals surface area contributed by atoms with Crippen LogP contribution >= 0.6 is 11.6 Å². The van der Waals surface area contributed by atoms with Crippen molar-refractivity contribution in [3.05, 3.63) is 58.4 Å². The van der Waals surface area contributed by atoms with E-state index in [-0.39, 0.29) is 11.9 Å². The summed E-state index contributed by atoms with van der Waals surface area (Å²) in [6.45, 7) is 0. The molecule has 21 heavy (non-hydrogen) atoms. The minimum atomic E-state index is -0.491. The Kier molecular flexibility index (Phi) is 3.74. The lowest BCUT2D eigenvalue weighted by Gasteiger charge is -2.31. The van der Waals surface area contributed by atoms with Crippen LogP contribution in [-0.4, -0.2) is 7.11 Å². The van der Waals surface area contributed by atoms with Gasteiger partial charge in [0.15, 0.2) is 0 Å². The second-order valence-electron chi connectivity index (χ2n) is 4.99. The molecule has 2 aromatic rings. The maximum absolute atomic E-state index is 14.0. The van der Waals surface area contributed by atoms with E-state index in [4.69, 9.17) is 26.8 Å². The lowest BCUT2D eigenvalue weighted by atomic mass is 9.93. The summed E-state index contributed by atoms with van der Waals surface area (Å²) in [5, 5.41) is 0.351. The largest absolute Gasteiger partial charge is 0.497 e. The van der Waals surface area contributed by atoms with Crippen molar-refractivity contribution in [1.82, 2.24) is 0 Å². The van der Waals surface area contributed by atoms with Crippen molar-refractivity contribution in [2.45, 2.75) is 18.6 Å². The second kappa shape index (κ2) is 5.54. The van der Waals surface area contributed by atoms with E-state index in [9.17, 15) is 4.39 Å². The normalized spacial score (nSPS) is 20.6. The van der Waals surface area contributed by atoms with E-state index in [0.717, 1.165) is 11.3 Å². The van der Waals surface area contributed by atoms with Crippen molar-refractivity contribution < 1.29 is 13.9 Å². The molecule has 3 nitrogen and oxygen atoms in total. The predicted molar refractivity (Wildman–Crippen MR) is 79.3 cm³/mol. The molecule has 1 aliphatic heterocycles.